The Morgan fingerprint density at radius 2 is 2.04 bits per heavy atom. The first-order chi connectivity index (χ1) is 12.2. The van der Waals surface area contributed by atoms with Crippen LogP contribution in [0.15, 0.2) is 41.9 Å². The molecule has 3 aromatic rings. The van der Waals surface area contributed by atoms with E-state index >= 15 is 0 Å². The molecule has 0 saturated carbocycles. The van der Waals surface area contributed by atoms with Crippen molar-refractivity contribution in [1.82, 2.24) is 19.6 Å². The molecular weight excluding hydrogens is 332 g/mol. The van der Waals surface area contributed by atoms with Gasteiger partial charge in [0.2, 0.25) is 0 Å². The van der Waals surface area contributed by atoms with Gasteiger partial charge in [0.25, 0.3) is 5.91 Å². The van der Waals surface area contributed by atoms with Gasteiger partial charge in [0.05, 0.1) is 0 Å². The lowest BCUT2D eigenvalue weighted by atomic mass is 10.0. The normalized spacial score (nSPS) is 16.4. The van der Waals surface area contributed by atoms with Crippen molar-refractivity contribution in [3.63, 3.8) is 0 Å². The van der Waals surface area contributed by atoms with Crippen LogP contribution in [0.3, 0.4) is 0 Å². The zero-order valence-electron chi connectivity index (χ0n) is 14.3. The van der Waals surface area contributed by atoms with Gasteiger partial charge in [-0.3, -0.25) is 14.1 Å². The average molecular weight is 354 g/mol. The number of piperidine rings is 1. The van der Waals surface area contributed by atoms with Crippen LogP contribution in [-0.2, 0) is 6.54 Å². The molecule has 0 radical (unpaired) electrons. The van der Waals surface area contributed by atoms with E-state index in [0.29, 0.717) is 5.69 Å². The maximum absolute atomic E-state index is 12.5. The number of imidazole rings is 1. The highest BCUT2D eigenvalue weighted by atomic mass is 32.1. The van der Waals surface area contributed by atoms with E-state index in [0.717, 1.165) is 43.1 Å². The minimum atomic E-state index is -0.0585. The highest BCUT2D eigenvalue weighted by Crippen LogP contribution is 2.17. The fourth-order valence-electron chi connectivity index (χ4n) is 3.34. The third-order valence-corrected chi connectivity index (χ3v) is 5.75. The van der Waals surface area contributed by atoms with Gasteiger partial charge in [-0.15, -0.1) is 11.3 Å². The molecule has 5 nitrogen and oxygen atoms in total. The predicted molar refractivity (Wildman–Crippen MR) is 100 cm³/mol. The van der Waals surface area contributed by atoms with Crippen LogP contribution < -0.4 is 5.32 Å². The molecule has 1 saturated heterocycles. The Labute approximate surface area is 151 Å². The fraction of sp³-hybridized carbons (Fsp3) is 0.368. The number of nitrogens with zero attached hydrogens (tertiary/aromatic N) is 3. The Morgan fingerprint density at radius 1 is 1.28 bits per heavy atom. The summed E-state index contributed by atoms with van der Waals surface area (Å²) in [5, 5.41) is 5.20. The van der Waals surface area contributed by atoms with Crippen molar-refractivity contribution < 1.29 is 4.79 Å². The number of thiazole rings is 1. The van der Waals surface area contributed by atoms with E-state index in [-0.39, 0.29) is 11.9 Å². The van der Waals surface area contributed by atoms with Gasteiger partial charge in [-0.25, -0.2) is 4.98 Å². The molecule has 1 aromatic carbocycles. The quantitative estimate of drug-likeness (QED) is 0.783. The SMILES string of the molecule is Cc1csc2nc(C(=O)NC3CCN(Cc4ccccc4)CC3)cn12. The van der Waals surface area contributed by atoms with Crippen LogP contribution in [0.2, 0.25) is 0 Å². The van der Waals surface area contributed by atoms with E-state index < -0.39 is 0 Å². The van der Waals surface area contributed by atoms with E-state index in [4.69, 9.17) is 0 Å². The van der Waals surface area contributed by atoms with Crippen molar-refractivity contribution in [2.45, 2.75) is 32.4 Å². The summed E-state index contributed by atoms with van der Waals surface area (Å²) in [6, 6.07) is 10.8. The van der Waals surface area contributed by atoms with Crippen molar-refractivity contribution in [1.29, 1.82) is 0 Å². The van der Waals surface area contributed by atoms with Gasteiger partial charge in [-0.1, -0.05) is 30.3 Å². The average Bonchev–Trinajstić information content (AvgIpc) is 3.20. The number of aryl methyl sites for hydroxylation is 1. The largest absolute Gasteiger partial charge is 0.348 e. The fourth-order valence-corrected chi connectivity index (χ4v) is 4.19. The van der Waals surface area contributed by atoms with Crippen LogP contribution in [-0.4, -0.2) is 39.3 Å². The van der Waals surface area contributed by atoms with Gasteiger partial charge < -0.3 is 5.32 Å². The number of carbonyl (C=O) groups is 1. The molecule has 2 aromatic heterocycles. The van der Waals surface area contributed by atoms with Crippen LogP contribution in [0.25, 0.3) is 4.96 Å². The predicted octanol–water partition coefficient (Wildman–Crippen LogP) is 3.10. The highest BCUT2D eigenvalue weighted by Gasteiger charge is 2.22. The van der Waals surface area contributed by atoms with Crippen LogP contribution in [0.1, 0.15) is 34.6 Å². The second-order valence-electron chi connectivity index (χ2n) is 6.67. The van der Waals surface area contributed by atoms with Crippen molar-refractivity contribution in [3.05, 3.63) is 58.9 Å². The van der Waals surface area contributed by atoms with Crippen LogP contribution in [0.5, 0.6) is 0 Å². The lowest BCUT2D eigenvalue weighted by molar-refractivity contribution is 0.0904. The van der Waals surface area contributed by atoms with E-state index in [1.165, 1.54) is 5.56 Å². The third-order valence-electron chi connectivity index (χ3n) is 4.79. The number of nitrogens with one attached hydrogen (secondary N) is 1. The molecular formula is C19H22N4OS. The number of aromatic nitrogens is 2. The van der Waals surface area contributed by atoms with E-state index in [9.17, 15) is 4.79 Å². The Balaban J connectivity index is 1.31. The molecule has 1 N–H and O–H groups in total. The zero-order valence-corrected chi connectivity index (χ0v) is 15.1. The highest BCUT2D eigenvalue weighted by molar-refractivity contribution is 7.15. The van der Waals surface area contributed by atoms with Gasteiger partial charge in [-0.05, 0) is 25.3 Å². The molecule has 0 bridgehead atoms. The standard InChI is InChI=1S/C19H22N4OS/c1-14-13-25-19-21-17(12-23(14)19)18(24)20-16-7-9-22(10-8-16)11-15-5-3-2-4-6-15/h2-6,12-13,16H,7-11H2,1H3,(H,20,24). The molecule has 0 unspecified atom stereocenters. The lowest BCUT2D eigenvalue weighted by Crippen LogP contribution is -2.44. The smallest absolute Gasteiger partial charge is 0.271 e. The molecule has 1 fully saturated rings. The first-order valence-corrected chi connectivity index (χ1v) is 9.57. The molecule has 1 amide bonds. The molecule has 1 aliphatic heterocycles. The molecule has 0 aliphatic carbocycles. The summed E-state index contributed by atoms with van der Waals surface area (Å²) in [4.78, 5) is 20.2. The Kier molecular flexibility index (Phi) is 4.55. The molecule has 6 heteroatoms. The van der Waals surface area contributed by atoms with Crippen LogP contribution >= 0.6 is 11.3 Å². The molecule has 0 spiro atoms. The van der Waals surface area contributed by atoms with Gasteiger partial charge in [0.1, 0.15) is 5.69 Å². The number of likely N-dealkylation sites (tertiary alicyclic amines) is 1. The number of carbonyl (C=O) groups excluding carboxylic acids is 1. The first-order valence-electron chi connectivity index (χ1n) is 8.69. The molecule has 1 aliphatic rings. The van der Waals surface area contributed by atoms with Crippen molar-refractivity contribution in [3.8, 4) is 0 Å². The van der Waals surface area contributed by atoms with Crippen LogP contribution in [0, 0.1) is 6.92 Å². The monoisotopic (exact) mass is 354 g/mol. The Morgan fingerprint density at radius 3 is 2.76 bits per heavy atom. The molecule has 25 heavy (non-hydrogen) atoms. The molecule has 4 rings (SSSR count). The molecule has 130 valence electrons. The summed E-state index contributed by atoms with van der Waals surface area (Å²) in [5.74, 6) is -0.0585. The van der Waals surface area contributed by atoms with Crippen molar-refractivity contribution in [2.24, 2.45) is 0 Å². The number of fused-ring (bicyclic) bond motifs is 1. The Bertz CT molecular complexity index is 862. The molecule has 0 atom stereocenters. The summed E-state index contributed by atoms with van der Waals surface area (Å²) in [6.07, 6.45) is 3.81. The number of hydrogen-bond donors (Lipinski definition) is 1. The minimum Gasteiger partial charge on any atom is -0.348 e. The summed E-state index contributed by atoms with van der Waals surface area (Å²) < 4.78 is 1.97. The van der Waals surface area contributed by atoms with Crippen molar-refractivity contribution >= 4 is 22.2 Å². The minimum absolute atomic E-state index is 0.0585. The number of amides is 1. The number of rotatable bonds is 4. The van der Waals surface area contributed by atoms with Gasteiger partial charge in [0, 0.05) is 42.9 Å². The zero-order chi connectivity index (χ0) is 17.2. The summed E-state index contributed by atoms with van der Waals surface area (Å²) >= 11 is 1.56. The number of benzene rings is 1. The topological polar surface area (TPSA) is 49.6 Å². The second-order valence-corrected chi connectivity index (χ2v) is 7.50. The third kappa shape index (κ3) is 3.60. The second kappa shape index (κ2) is 6.98. The maximum atomic E-state index is 12.5. The van der Waals surface area contributed by atoms with Gasteiger partial charge in [0.15, 0.2) is 4.96 Å². The van der Waals surface area contributed by atoms with Gasteiger partial charge in [-0.2, -0.15) is 0 Å². The van der Waals surface area contributed by atoms with E-state index in [2.05, 4.69) is 39.5 Å². The molecule has 3 heterocycles. The van der Waals surface area contributed by atoms with E-state index in [1.54, 1.807) is 11.3 Å². The lowest BCUT2D eigenvalue weighted by Gasteiger charge is -2.32. The summed E-state index contributed by atoms with van der Waals surface area (Å²) in [7, 11) is 0. The summed E-state index contributed by atoms with van der Waals surface area (Å²) in [5.41, 5.74) is 2.97. The Hall–Kier alpha value is -2.18. The summed E-state index contributed by atoms with van der Waals surface area (Å²) in [6.45, 7) is 5.03. The first kappa shape index (κ1) is 16.3. The number of hydrogen-bond acceptors (Lipinski definition) is 4. The van der Waals surface area contributed by atoms with Gasteiger partial charge >= 0.3 is 0 Å². The maximum Gasteiger partial charge on any atom is 0.271 e. The van der Waals surface area contributed by atoms with E-state index in [1.807, 2.05) is 29.0 Å². The van der Waals surface area contributed by atoms with Crippen LogP contribution in [0.4, 0.5) is 0 Å². The van der Waals surface area contributed by atoms with Crippen molar-refractivity contribution in [2.75, 3.05) is 13.1 Å².